The Labute approximate surface area is 223 Å². The molecule has 2 unspecified atom stereocenters. The zero-order chi connectivity index (χ0) is 27.1. The van der Waals surface area contributed by atoms with Gasteiger partial charge < -0.3 is 25.2 Å². The molecule has 3 aromatic rings. The van der Waals surface area contributed by atoms with E-state index in [1.165, 1.54) is 6.08 Å². The molecule has 6 rings (SSSR count). The molecule has 3 heterocycles. The van der Waals surface area contributed by atoms with E-state index in [9.17, 15) is 18.0 Å². The van der Waals surface area contributed by atoms with Crippen LogP contribution in [0.1, 0.15) is 24.8 Å². The summed E-state index contributed by atoms with van der Waals surface area (Å²) in [4.78, 5) is 23.5. The minimum absolute atomic E-state index is 0.0313. The molecule has 39 heavy (non-hydrogen) atoms. The number of hydrogen-bond donors (Lipinski definition) is 2. The normalized spacial score (nSPS) is 21.3. The number of hydrogen-bond acceptors (Lipinski definition) is 7. The summed E-state index contributed by atoms with van der Waals surface area (Å²) in [6.07, 6.45) is 2.02. The molecule has 3 aliphatic rings. The van der Waals surface area contributed by atoms with Gasteiger partial charge in [0.2, 0.25) is 11.9 Å². The van der Waals surface area contributed by atoms with Crippen molar-refractivity contribution in [2.75, 3.05) is 40.2 Å². The molecule has 2 fully saturated rings. The van der Waals surface area contributed by atoms with Gasteiger partial charge in [-0.15, -0.1) is 0 Å². The molecule has 2 atom stereocenters. The van der Waals surface area contributed by atoms with E-state index >= 15 is 0 Å². The third-order valence-corrected chi connectivity index (χ3v) is 7.52. The van der Waals surface area contributed by atoms with Crippen molar-refractivity contribution < 1.29 is 22.7 Å². The number of halogens is 3. The van der Waals surface area contributed by atoms with Crippen LogP contribution in [0, 0.1) is 5.82 Å². The molecule has 1 saturated heterocycles. The van der Waals surface area contributed by atoms with E-state index in [1.54, 1.807) is 29.2 Å². The highest BCUT2D eigenvalue weighted by Gasteiger charge is 2.49. The molecule has 0 bridgehead atoms. The number of morpholine rings is 1. The lowest BCUT2D eigenvalue weighted by molar-refractivity contribution is -0.114. The molecular formula is C28H27F3N6O2. The first-order valence-corrected chi connectivity index (χ1v) is 12.8. The number of amides is 1. The maximum atomic E-state index is 14.8. The number of aromatic nitrogens is 2. The Kier molecular flexibility index (Phi) is 6.38. The van der Waals surface area contributed by atoms with E-state index < -0.39 is 18.4 Å². The molecule has 2 aromatic carbocycles. The van der Waals surface area contributed by atoms with Crippen LogP contribution in [0.2, 0.25) is 0 Å². The Hall–Kier alpha value is -4.12. The van der Waals surface area contributed by atoms with Crippen LogP contribution in [0.25, 0.3) is 0 Å². The fourth-order valence-corrected chi connectivity index (χ4v) is 5.35. The standard InChI is InChI=1S/C28H27F3N6O2/c1-2-25(38)36-12-11-28(9-10-28)18-8-7-17(13-22(18)36)33-26-19(29)14-32-27(35-26)34-20-5-3-4-6-21(20)37-23(30)15-39-16-24(37)31/h2-8,13-14,23-24H,1,9-12,15-16H2,(H2,32,33,34,35). The number of rotatable bonds is 6. The fraction of sp³-hybridized carbons (Fsp3) is 0.321. The first-order valence-electron chi connectivity index (χ1n) is 12.8. The summed E-state index contributed by atoms with van der Waals surface area (Å²) >= 11 is 0. The first kappa shape index (κ1) is 25.2. The summed E-state index contributed by atoms with van der Waals surface area (Å²) in [5, 5.41) is 5.94. The molecule has 2 aliphatic heterocycles. The number of fused-ring (bicyclic) bond motifs is 2. The van der Waals surface area contributed by atoms with Gasteiger partial charge in [0, 0.05) is 17.9 Å². The summed E-state index contributed by atoms with van der Waals surface area (Å²) in [5.41, 5.74) is 3.16. The zero-order valence-electron chi connectivity index (χ0n) is 21.0. The molecular weight excluding hydrogens is 509 g/mol. The van der Waals surface area contributed by atoms with E-state index in [0.29, 0.717) is 17.9 Å². The molecule has 8 nitrogen and oxygen atoms in total. The lowest BCUT2D eigenvalue weighted by Crippen LogP contribution is -2.48. The molecule has 1 aromatic heterocycles. The third-order valence-electron chi connectivity index (χ3n) is 7.52. The lowest BCUT2D eigenvalue weighted by Gasteiger charge is -2.36. The monoisotopic (exact) mass is 536 g/mol. The number of para-hydroxylation sites is 2. The molecule has 202 valence electrons. The zero-order valence-corrected chi connectivity index (χ0v) is 21.0. The Balaban J connectivity index is 1.28. The number of nitrogens with one attached hydrogen (secondary N) is 2. The number of alkyl halides is 2. The van der Waals surface area contributed by atoms with E-state index in [0.717, 1.165) is 41.6 Å². The summed E-state index contributed by atoms with van der Waals surface area (Å²) < 4.78 is 48.8. The van der Waals surface area contributed by atoms with Crippen LogP contribution < -0.4 is 20.4 Å². The van der Waals surface area contributed by atoms with E-state index in [4.69, 9.17) is 4.74 Å². The summed E-state index contributed by atoms with van der Waals surface area (Å²) in [6.45, 7) is 3.70. The van der Waals surface area contributed by atoms with Gasteiger partial charge in [0.15, 0.2) is 24.2 Å². The van der Waals surface area contributed by atoms with Gasteiger partial charge in [-0.3, -0.25) is 4.79 Å². The lowest BCUT2D eigenvalue weighted by atomic mass is 9.86. The van der Waals surface area contributed by atoms with Crippen LogP contribution in [0.5, 0.6) is 0 Å². The summed E-state index contributed by atoms with van der Waals surface area (Å²) in [5.74, 6) is -0.941. The van der Waals surface area contributed by atoms with Crippen molar-refractivity contribution in [1.29, 1.82) is 0 Å². The quantitative estimate of drug-likeness (QED) is 0.319. The Bertz CT molecular complexity index is 1420. The predicted molar refractivity (Wildman–Crippen MR) is 143 cm³/mol. The topological polar surface area (TPSA) is 82.6 Å². The van der Waals surface area contributed by atoms with Gasteiger partial charge in [-0.1, -0.05) is 24.8 Å². The maximum Gasteiger partial charge on any atom is 0.250 e. The van der Waals surface area contributed by atoms with Crippen molar-refractivity contribution in [2.24, 2.45) is 0 Å². The largest absolute Gasteiger partial charge is 0.371 e. The molecule has 1 aliphatic carbocycles. The minimum atomic E-state index is -1.67. The minimum Gasteiger partial charge on any atom is -0.371 e. The number of carbonyl (C=O) groups excluding carboxylic acids is 1. The second kappa shape index (κ2) is 9.88. The molecule has 0 radical (unpaired) electrons. The van der Waals surface area contributed by atoms with Gasteiger partial charge in [0.1, 0.15) is 0 Å². The predicted octanol–water partition coefficient (Wildman–Crippen LogP) is 5.49. The number of ether oxygens (including phenoxy) is 1. The molecule has 1 amide bonds. The summed E-state index contributed by atoms with van der Waals surface area (Å²) in [7, 11) is 0. The number of benzene rings is 2. The van der Waals surface area contributed by atoms with Crippen LogP contribution in [-0.4, -0.2) is 48.2 Å². The van der Waals surface area contributed by atoms with Crippen molar-refractivity contribution >= 4 is 40.4 Å². The van der Waals surface area contributed by atoms with Gasteiger partial charge in [-0.05, 0) is 60.6 Å². The highest BCUT2D eigenvalue weighted by molar-refractivity contribution is 6.02. The van der Waals surface area contributed by atoms with Crippen LogP contribution >= 0.6 is 0 Å². The van der Waals surface area contributed by atoms with E-state index in [2.05, 4.69) is 27.2 Å². The van der Waals surface area contributed by atoms with Gasteiger partial charge in [-0.25, -0.2) is 18.2 Å². The van der Waals surface area contributed by atoms with Crippen LogP contribution in [0.4, 0.5) is 47.7 Å². The Morgan fingerprint density at radius 1 is 1.08 bits per heavy atom. The molecule has 1 saturated carbocycles. The molecule has 11 heteroatoms. The van der Waals surface area contributed by atoms with E-state index in [1.807, 2.05) is 18.2 Å². The molecule has 1 spiro atoms. The van der Waals surface area contributed by atoms with Crippen molar-refractivity contribution in [3.8, 4) is 0 Å². The highest BCUT2D eigenvalue weighted by Crippen LogP contribution is 2.56. The number of nitrogens with zero attached hydrogens (tertiary/aromatic N) is 4. The van der Waals surface area contributed by atoms with E-state index in [-0.39, 0.29) is 42.0 Å². The van der Waals surface area contributed by atoms with Crippen LogP contribution in [0.15, 0.2) is 61.3 Å². The Morgan fingerprint density at radius 3 is 2.59 bits per heavy atom. The highest BCUT2D eigenvalue weighted by atomic mass is 19.2. The van der Waals surface area contributed by atoms with Gasteiger partial charge in [-0.2, -0.15) is 4.98 Å². The van der Waals surface area contributed by atoms with Crippen LogP contribution in [0.3, 0.4) is 0 Å². The average molecular weight is 537 g/mol. The van der Waals surface area contributed by atoms with Gasteiger partial charge in [0.05, 0.1) is 30.8 Å². The second-order valence-electron chi connectivity index (χ2n) is 9.93. The third kappa shape index (κ3) is 4.67. The smallest absolute Gasteiger partial charge is 0.250 e. The maximum absolute atomic E-state index is 14.8. The number of anilines is 6. The average Bonchev–Trinajstić information content (AvgIpc) is 3.71. The van der Waals surface area contributed by atoms with Crippen molar-refractivity contribution in [3.05, 3.63) is 72.7 Å². The molecule has 2 N–H and O–H groups in total. The first-order chi connectivity index (χ1) is 18.9. The van der Waals surface area contributed by atoms with Gasteiger partial charge >= 0.3 is 0 Å². The number of carbonyl (C=O) groups is 1. The Morgan fingerprint density at radius 2 is 1.85 bits per heavy atom. The summed E-state index contributed by atoms with van der Waals surface area (Å²) in [6, 6.07) is 12.2. The second-order valence-corrected chi connectivity index (χ2v) is 9.93. The fourth-order valence-electron chi connectivity index (χ4n) is 5.35. The van der Waals surface area contributed by atoms with Gasteiger partial charge in [0.25, 0.3) is 0 Å². The van der Waals surface area contributed by atoms with Crippen molar-refractivity contribution in [2.45, 2.75) is 37.3 Å². The van der Waals surface area contributed by atoms with Crippen molar-refractivity contribution in [3.63, 3.8) is 0 Å². The van der Waals surface area contributed by atoms with Crippen LogP contribution in [-0.2, 0) is 14.9 Å². The SMILES string of the molecule is C=CC(=O)N1CCC2(CC2)c2ccc(Nc3nc(Nc4ccccc4N4C(F)COCC4F)ncc3F)cc21. The van der Waals surface area contributed by atoms with Crippen molar-refractivity contribution in [1.82, 2.24) is 9.97 Å².